The quantitative estimate of drug-likeness (QED) is 0.266. The molecule has 5 heterocycles. The Morgan fingerprint density at radius 3 is 2.48 bits per heavy atom. The first kappa shape index (κ1) is 17.5. The van der Waals surface area contributed by atoms with E-state index in [4.69, 9.17) is 9.40 Å². The summed E-state index contributed by atoms with van der Waals surface area (Å²) in [5.74, 6) is 0. The van der Waals surface area contributed by atoms with Gasteiger partial charge < -0.3 is 14.0 Å². The lowest BCUT2D eigenvalue weighted by Crippen LogP contribution is -2.55. The Balaban J connectivity index is 1.42. The number of fused-ring (bicyclic) bond motifs is 11. The Hall–Kier alpha value is -4.03. The van der Waals surface area contributed by atoms with Crippen LogP contribution in [0.3, 0.4) is 0 Å². The van der Waals surface area contributed by atoms with Crippen LogP contribution in [0.1, 0.15) is 0 Å². The van der Waals surface area contributed by atoms with Gasteiger partial charge in [-0.05, 0) is 59.4 Å². The molecule has 0 aliphatic carbocycles. The molecule has 0 atom stereocenters. The summed E-state index contributed by atoms with van der Waals surface area (Å²) in [5, 5.41) is 4.45. The smallest absolute Gasteiger partial charge is 0.423 e. The van der Waals surface area contributed by atoms with E-state index in [-0.39, 0.29) is 6.98 Å². The van der Waals surface area contributed by atoms with Crippen LogP contribution in [-0.4, -0.2) is 12.0 Å². The number of hydrogen-bond acceptors (Lipinski definition) is 5. The van der Waals surface area contributed by atoms with E-state index in [2.05, 4.69) is 81.7 Å². The Morgan fingerprint density at radius 2 is 1.55 bits per heavy atom. The molecule has 0 fully saturated rings. The van der Waals surface area contributed by atoms with E-state index in [0.717, 1.165) is 33.3 Å². The molecule has 154 valence electrons. The van der Waals surface area contributed by atoms with Crippen molar-refractivity contribution < 1.29 is 4.42 Å². The van der Waals surface area contributed by atoms with Gasteiger partial charge in [0.15, 0.2) is 0 Å². The largest absolute Gasteiger partial charge is 0.456 e. The molecule has 0 spiro atoms. The number of thiophene rings is 1. The number of hydrogen-bond donors (Lipinski definition) is 0. The van der Waals surface area contributed by atoms with Crippen LogP contribution < -0.4 is 15.1 Å². The number of furan rings is 1. The SMILES string of the molecule is c1cnc2c(c1)B1N(c3ccc4oc5ccccc5c4c3)c3ccccc3N1c1ccsc1-2. The first-order chi connectivity index (χ1) is 16.4. The highest BCUT2D eigenvalue weighted by molar-refractivity contribution is 7.15. The van der Waals surface area contributed by atoms with E-state index in [1.807, 2.05) is 24.4 Å². The average Bonchev–Trinajstić information content (AvgIpc) is 3.57. The Bertz CT molecular complexity index is 1720. The minimum absolute atomic E-state index is 0.00353. The van der Waals surface area contributed by atoms with Crippen molar-refractivity contribution in [1.82, 2.24) is 4.98 Å². The lowest BCUT2D eigenvalue weighted by molar-refractivity contribution is 0.669. The molecule has 0 N–H and O–H groups in total. The number of pyridine rings is 1. The van der Waals surface area contributed by atoms with Gasteiger partial charge in [0.1, 0.15) is 11.2 Å². The van der Waals surface area contributed by atoms with E-state index in [0.29, 0.717) is 0 Å². The molecule has 2 aliphatic heterocycles. The number of rotatable bonds is 1. The van der Waals surface area contributed by atoms with Crippen LogP contribution in [0.15, 0.2) is 101 Å². The van der Waals surface area contributed by atoms with Gasteiger partial charge in [-0.15, -0.1) is 11.3 Å². The second-order valence-corrected chi connectivity index (χ2v) is 9.37. The van der Waals surface area contributed by atoms with Crippen molar-refractivity contribution >= 4 is 68.5 Å². The fraction of sp³-hybridized carbons (Fsp3) is 0. The highest BCUT2D eigenvalue weighted by Gasteiger charge is 2.48. The average molecular weight is 441 g/mol. The first-order valence-electron chi connectivity index (χ1n) is 11.0. The number of para-hydroxylation sites is 3. The molecule has 6 heteroatoms. The summed E-state index contributed by atoms with van der Waals surface area (Å²) in [6.07, 6.45) is 1.90. The Morgan fingerprint density at radius 1 is 0.727 bits per heavy atom. The van der Waals surface area contributed by atoms with Gasteiger partial charge in [0.05, 0.1) is 27.6 Å². The topological polar surface area (TPSA) is 32.5 Å². The van der Waals surface area contributed by atoms with Crippen molar-refractivity contribution in [2.75, 3.05) is 9.62 Å². The maximum absolute atomic E-state index is 6.10. The van der Waals surface area contributed by atoms with Crippen LogP contribution in [0, 0.1) is 0 Å². The van der Waals surface area contributed by atoms with Crippen LogP contribution >= 0.6 is 11.3 Å². The van der Waals surface area contributed by atoms with Crippen LogP contribution in [0.2, 0.25) is 0 Å². The summed E-state index contributed by atoms with van der Waals surface area (Å²) in [4.78, 5) is 10.9. The number of aromatic nitrogens is 1. The zero-order valence-electron chi connectivity index (χ0n) is 17.5. The summed E-state index contributed by atoms with van der Waals surface area (Å²) in [6, 6.07) is 29.9. The number of nitrogens with zero attached hydrogens (tertiary/aromatic N) is 3. The fourth-order valence-corrected chi connectivity index (χ4v) is 6.32. The molecule has 0 unspecified atom stereocenters. The van der Waals surface area contributed by atoms with Crippen LogP contribution in [0.5, 0.6) is 0 Å². The van der Waals surface area contributed by atoms with Crippen molar-refractivity contribution in [3.63, 3.8) is 0 Å². The maximum atomic E-state index is 6.10. The molecule has 3 aromatic carbocycles. The van der Waals surface area contributed by atoms with Gasteiger partial charge in [0, 0.05) is 22.7 Å². The third-order valence-electron chi connectivity index (χ3n) is 6.76. The lowest BCUT2D eigenvalue weighted by Gasteiger charge is -2.34. The monoisotopic (exact) mass is 441 g/mol. The summed E-state index contributed by atoms with van der Waals surface area (Å²) < 4.78 is 6.10. The van der Waals surface area contributed by atoms with Crippen LogP contribution in [0.25, 0.3) is 32.5 Å². The summed E-state index contributed by atoms with van der Waals surface area (Å²) in [6.45, 7) is 0.00353. The predicted octanol–water partition coefficient (Wildman–Crippen LogP) is 6.71. The number of anilines is 4. The lowest BCUT2D eigenvalue weighted by atomic mass is 9.61. The summed E-state index contributed by atoms with van der Waals surface area (Å²) >= 11 is 1.76. The molecule has 3 aromatic heterocycles. The molecule has 2 aliphatic rings. The molecule has 0 amide bonds. The minimum atomic E-state index is 0.00353. The Labute approximate surface area is 194 Å². The van der Waals surface area contributed by atoms with Gasteiger partial charge in [-0.25, -0.2) is 0 Å². The van der Waals surface area contributed by atoms with Crippen molar-refractivity contribution in [1.29, 1.82) is 0 Å². The van der Waals surface area contributed by atoms with E-state index < -0.39 is 0 Å². The summed E-state index contributed by atoms with van der Waals surface area (Å²) in [7, 11) is 0. The molecule has 0 radical (unpaired) electrons. The summed E-state index contributed by atoms with van der Waals surface area (Å²) in [5.41, 5.74) is 8.91. The maximum Gasteiger partial charge on any atom is 0.423 e. The second-order valence-electron chi connectivity index (χ2n) is 8.46. The van der Waals surface area contributed by atoms with E-state index in [1.54, 1.807) is 11.3 Å². The van der Waals surface area contributed by atoms with E-state index in [1.165, 1.54) is 27.4 Å². The zero-order chi connectivity index (χ0) is 21.5. The van der Waals surface area contributed by atoms with E-state index >= 15 is 0 Å². The van der Waals surface area contributed by atoms with Crippen molar-refractivity contribution in [3.05, 3.63) is 96.5 Å². The van der Waals surface area contributed by atoms with Crippen LogP contribution in [0.4, 0.5) is 22.7 Å². The molecular weight excluding hydrogens is 425 g/mol. The standard InChI is InChI=1S/C27H16BN3OS/c1-4-10-24-18(6-1)19-16-17(11-12-25(19)32-24)30-21-8-2-3-9-22(21)31-23-13-15-33-27(23)26-20(28(30)31)7-5-14-29-26/h1-16H. The first-order valence-corrected chi connectivity index (χ1v) is 11.9. The molecule has 6 aromatic rings. The molecule has 0 saturated carbocycles. The van der Waals surface area contributed by atoms with Crippen molar-refractivity contribution in [3.8, 4) is 10.6 Å². The van der Waals surface area contributed by atoms with Gasteiger partial charge in [-0.3, -0.25) is 4.98 Å². The Kier molecular flexibility index (Phi) is 3.33. The highest BCUT2D eigenvalue weighted by Crippen LogP contribution is 2.52. The van der Waals surface area contributed by atoms with Crippen LogP contribution in [-0.2, 0) is 0 Å². The van der Waals surface area contributed by atoms with E-state index in [9.17, 15) is 0 Å². The van der Waals surface area contributed by atoms with Gasteiger partial charge in [0.25, 0.3) is 0 Å². The third-order valence-corrected chi connectivity index (χ3v) is 7.67. The van der Waals surface area contributed by atoms with Gasteiger partial charge in [-0.2, -0.15) is 0 Å². The molecule has 0 bridgehead atoms. The molecule has 4 nitrogen and oxygen atoms in total. The van der Waals surface area contributed by atoms with Gasteiger partial charge >= 0.3 is 6.98 Å². The fourth-order valence-electron chi connectivity index (χ4n) is 5.42. The molecule has 0 saturated heterocycles. The highest BCUT2D eigenvalue weighted by atomic mass is 32.1. The minimum Gasteiger partial charge on any atom is -0.456 e. The normalized spacial score (nSPS) is 13.9. The third kappa shape index (κ3) is 2.23. The van der Waals surface area contributed by atoms with Gasteiger partial charge in [0.2, 0.25) is 0 Å². The second kappa shape index (κ2) is 6.27. The molecule has 33 heavy (non-hydrogen) atoms. The number of benzene rings is 3. The zero-order valence-corrected chi connectivity index (χ0v) is 18.3. The van der Waals surface area contributed by atoms with Gasteiger partial charge in [-0.1, -0.05) is 36.4 Å². The van der Waals surface area contributed by atoms with Crippen molar-refractivity contribution in [2.24, 2.45) is 0 Å². The molecular formula is C27H16BN3OS. The van der Waals surface area contributed by atoms with Crippen molar-refractivity contribution in [2.45, 2.75) is 0 Å². The molecule has 8 rings (SSSR count). The predicted molar refractivity (Wildman–Crippen MR) is 137 cm³/mol.